The van der Waals surface area contributed by atoms with Gasteiger partial charge in [0.15, 0.2) is 0 Å². The van der Waals surface area contributed by atoms with Crippen molar-refractivity contribution < 1.29 is 4.79 Å². The average Bonchev–Trinajstić information content (AvgIpc) is 3.00. The summed E-state index contributed by atoms with van der Waals surface area (Å²) in [5, 5.41) is 8.91. The zero-order valence-corrected chi connectivity index (χ0v) is 12.3. The third-order valence-electron chi connectivity index (χ3n) is 2.73. The fourth-order valence-corrected chi connectivity index (χ4v) is 2.51. The fourth-order valence-electron chi connectivity index (χ4n) is 1.76. The molecule has 0 radical (unpaired) electrons. The van der Waals surface area contributed by atoms with Crippen LogP contribution < -0.4 is 11.1 Å². The molecule has 0 saturated carbocycles. The molecule has 0 aliphatic rings. The molecule has 6 heteroatoms. The zero-order chi connectivity index (χ0) is 14.5. The highest BCUT2D eigenvalue weighted by molar-refractivity contribution is 7.10. The summed E-state index contributed by atoms with van der Waals surface area (Å²) in [5.41, 5.74) is 7.87. The zero-order valence-electron chi connectivity index (χ0n) is 11.4. The first-order valence-corrected chi connectivity index (χ1v) is 7.03. The van der Waals surface area contributed by atoms with Crippen molar-refractivity contribution in [3.63, 3.8) is 0 Å². The molecule has 0 atom stereocenters. The van der Waals surface area contributed by atoms with Gasteiger partial charge in [0.25, 0.3) is 5.91 Å². The van der Waals surface area contributed by atoms with Gasteiger partial charge in [-0.1, -0.05) is 11.8 Å². The van der Waals surface area contributed by atoms with E-state index in [4.69, 9.17) is 5.73 Å². The van der Waals surface area contributed by atoms with Crippen LogP contribution in [0, 0.1) is 18.8 Å². The van der Waals surface area contributed by atoms with Crippen LogP contribution >= 0.6 is 11.3 Å². The minimum absolute atomic E-state index is 0.106. The van der Waals surface area contributed by atoms with Gasteiger partial charge in [-0.15, -0.1) is 11.3 Å². The Kier molecular flexibility index (Phi) is 4.56. The van der Waals surface area contributed by atoms with E-state index in [0.717, 1.165) is 16.1 Å². The molecule has 0 bridgehead atoms. The molecule has 20 heavy (non-hydrogen) atoms. The van der Waals surface area contributed by atoms with Crippen LogP contribution in [0.5, 0.6) is 0 Å². The Labute approximate surface area is 121 Å². The number of nitrogens with zero attached hydrogens (tertiary/aromatic N) is 2. The number of rotatable bonds is 3. The number of aryl methyl sites for hydroxylation is 2. The molecule has 104 valence electrons. The van der Waals surface area contributed by atoms with E-state index in [0.29, 0.717) is 18.7 Å². The highest BCUT2D eigenvalue weighted by atomic mass is 32.1. The van der Waals surface area contributed by atoms with Crippen LogP contribution in [-0.4, -0.2) is 22.2 Å². The van der Waals surface area contributed by atoms with Crippen LogP contribution in [0.25, 0.3) is 0 Å². The van der Waals surface area contributed by atoms with Gasteiger partial charge in [-0.2, -0.15) is 5.10 Å². The fraction of sp³-hybridized carbons (Fsp3) is 0.286. The molecule has 2 rings (SSSR count). The predicted molar refractivity (Wildman–Crippen MR) is 79.4 cm³/mol. The van der Waals surface area contributed by atoms with E-state index in [2.05, 4.69) is 22.3 Å². The molecule has 2 aromatic rings. The molecular formula is C14H16N4OS. The number of hydrogen-bond acceptors (Lipinski definition) is 4. The van der Waals surface area contributed by atoms with Crippen LogP contribution in [-0.2, 0) is 13.6 Å². The second-order valence-corrected chi connectivity index (χ2v) is 5.21. The maximum atomic E-state index is 12.0. The molecule has 3 N–H and O–H groups in total. The van der Waals surface area contributed by atoms with Crippen molar-refractivity contribution in [2.45, 2.75) is 13.5 Å². The van der Waals surface area contributed by atoms with E-state index in [1.165, 1.54) is 11.3 Å². The van der Waals surface area contributed by atoms with Crippen molar-refractivity contribution in [2.24, 2.45) is 12.8 Å². The molecule has 5 nitrogen and oxygen atoms in total. The quantitative estimate of drug-likeness (QED) is 0.829. The standard InChI is InChI=1S/C14H16N4OS/c1-10-12(8-18(2)17-10)7-16-14(19)11-6-13(20-9-11)4-3-5-15/h6,8-9H,5,7,15H2,1-2H3,(H,16,19). The molecule has 0 saturated heterocycles. The van der Waals surface area contributed by atoms with Gasteiger partial charge in [-0.25, -0.2) is 0 Å². The summed E-state index contributed by atoms with van der Waals surface area (Å²) in [6.45, 7) is 2.71. The average molecular weight is 288 g/mol. The highest BCUT2D eigenvalue weighted by Crippen LogP contribution is 2.13. The summed E-state index contributed by atoms with van der Waals surface area (Å²) in [4.78, 5) is 12.9. The molecular weight excluding hydrogens is 272 g/mol. The Bertz CT molecular complexity index is 675. The van der Waals surface area contributed by atoms with Gasteiger partial charge in [0.05, 0.1) is 22.7 Å². The van der Waals surface area contributed by atoms with Gasteiger partial charge < -0.3 is 11.1 Å². The molecule has 0 aromatic carbocycles. The first-order valence-electron chi connectivity index (χ1n) is 6.15. The largest absolute Gasteiger partial charge is 0.348 e. The second kappa shape index (κ2) is 6.37. The Morgan fingerprint density at radius 3 is 3.05 bits per heavy atom. The van der Waals surface area contributed by atoms with Crippen LogP contribution in [0.1, 0.15) is 26.5 Å². The maximum absolute atomic E-state index is 12.0. The lowest BCUT2D eigenvalue weighted by Gasteiger charge is -2.02. The van der Waals surface area contributed by atoms with Crippen LogP contribution in [0.4, 0.5) is 0 Å². The minimum atomic E-state index is -0.106. The highest BCUT2D eigenvalue weighted by Gasteiger charge is 2.09. The first-order chi connectivity index (χ1) is 9.60. The molecule has 2 heterocycles. The van der Waals surface area contributed by atoms with Crippen molar-refractivity contribution in [3.8, 4) is 11.8 Å². The lowest BCUT2D eigenvalue weighted by Crippen LogP contribution is -2.22. The third-order valence-corrected chi connectivity index (χ3v) is 3.58. The van der Waals surface area contributed by atoms with Gasteiger partial charge in [0.1, 0.15) is 0 Å². The van der Waals surface area contributed by atoms with E-state index in [1.807, 2.05) is 20.2 Å². The molecule has 1 amide bonds. The Morgan fingerprint density at radius 1 is 1.60 bits per heavy atom. The van der Waals surface area contributed by atoms with Gasteiger partial charge in [-0.3, -0.25) is 9.48 Å². The van der Waals surface area contributed by atoms with Crippen molar-refractivity contribution in [1.82, 2.24) is 15.1 Å². The van der Waals surface area contributed by atoms with Gasteiger partial charge >= 0.3 is 0 Å². The van der Waals surface area contributed by atoms with Crippen molar-refractivity contribution in [3.05, 3.63) is 39.3 Å². The summed E-state index contributed by atoms with van der Waals surface area (Å²) in [7, 11) is 1.86. The predicted octanol–water partition coefficient (Wildman–Crippen LogP) is 1.03. The van der Waals surface area contributed by atoms with Crippen LogP contribution in [0.2, 0.25) is 0 Å². The minimum Gasteiger partial charge on any atom is -0.348 e. The molecule has 0 spiro atoms. The number of nitrogens with one attached hydrogen (secondary N) is 1. The number of carbonyl (C=O) groups excluding carboxylic acids is 1. The number of thiophene rings is 1. The number of aromatic nitrogens is 2. The summed E-state index contributed by atoms with van der Waals surface area (Å²) in [5.74, 6) is 5.58. The Morgan fingerprint density at radius 2 is 2.40 bits per heavy atom. The maximum Gasteiger partial charge on any atom is 0.252 e. The number of amides is 1. The van der Waals surface area contributed by atoms with Gasteiger partial charge in [-0.05, 0) is 13.0 Å². The molecule has 2 aromatic heterocycles. The summed E-state index contributed by atoms with van der Waals surface area (Å²) >= 11 is 1.44. The normalized spacial score (nSPS) is 9.95. The van der Waals surface area contributed by atoms with Crippen LogP contribution in [0.3, 0.4) is 0 Å². The van der Waals surface area contributed by atoms with E-state index in [1.54, 1.807) is 16.1 Å². The Balaban J connectivity index is 1.98. The number of carbonyl (C=O) groups is 1. The molecule has 0 fully saturated rings. The summed E-state index contributed by atoms with van der Waals surface area (Å²) < 4.78 is 1.74. The van der Waals surface area contributed by atoms with E-state index in [-0.39, 0.29) is 5.91 Å². The smallest absolute Gasteiger partial charge is 0.252 e. The summed E-state index contributed by atoms with van der Waals surface area (Å²) in [6, 6.07) is 1.78. The van der Waals surface area contributed by atoms with Crippen molar-refractivity contribution in [1.29, 1.82) is 0 Å². The molecule has 0 aliphatic carbocycles. The number of nitrogens with two attached hydrogens (primary N) is 1. The lowest BCUT2D eigenvalue weighted by molar-refractivity contribution is 0.0951. The lowest BCUT2D eigenvalue weighted by atomic mass is 10.2. The summed E-state index contributed by atoms with van der Waals surface area (Å²) in [6.07, 6.45) is 1.90. The van der Waals surface area contributed by atoms with Gasteiger partial charge in [0, 0.05) is 30.7 Å². The topological polar surface area (TPSA) is 72.9 Å². The SMILES string of the molecule is Cc1nn(C)cc1CNC(=O)c1csc(C#CCN)c1. The third kappa shape index (κ3) is 3.47. The monoisotopic (exact) mass is 288 g/mol. The Hall–Kier alpha value is -2.10. The molecule has 0 unspecified atom stereocenters. The van der Waals surface area contributed by atoms with E-state index < -0.39 is 0 Å². The second-order valence-electron chi connectivity index (χ2n) is 4.30. The van der Waals surface area contributed by atoms with Crippen molar-refractivity contribution in [2.75, 3.05) is 6.54 Å². The number of hydrogen-bond donors (Lipinski definition) is 2. The molecule has 0 aliphatic heterocycles. The van der Waals surface area contributed by atoms with E-state index in [9.17, 15) is 4.79 Å². The van der Waals surface area contributed by atoms with Gasteiger partial charge in [0.2, 0.25) is 0 Å². The van der Waals surface area contributed by atoms with Crippen LogP contribution in [0.15, 0.2) is 17.6 Å². The van der Waals surface area contributed by atoms with Crippen molar-refractivity contribution >= 4 is 17.2 Å². The first kappa shape index (κ1) is 14.3. The van der Waals surface area contributed by atoms with E-state index >= 15 is 0 Å².